The molecule has 5 heteroatoms. The lowest BCUT2D eigenvalue weighted by atomic mass is 9.95. The van der Waals surface area contributed by atoms with Gasteiger partial charge in [0.2, 0.25) is 0 Å². The van der Waals surface area contributed by atoms with Crippen molar-refractivity contribution in [3.05, 3.63) is 22.6 Å². The lowest BCUT2D eigenvalue weighted by Gasteiger charge is -2.22. The molecular formula is C12H16N4O. The van der Waals surface area contributed by atoms with Crippen molar-refractivity contribution in [2.75, 3.05) is 5.73 Å². The van der Waals surface area contributed by atoms with Crippen molar-refractivity contribution >= 4 is 16.7 Å². The van der Waals surface area contributed by atoms with Crippen LogP contribution in [0.3, 0.4) is 0 Å². The standard InChI is InChI=1S/C12H16N4O/c13-11-10-9(6-7-14-12(10)17)16(15-11)8-4-2-1-3-5-8/h6-8H,1-5H2,(H2,13,15)(H,14,17). The van der Waals surface area contributed by atoms with Gasteiger partial charge in [0.05, 0.1) is 11.6 Å². The molecule has 3 rings (SSSR count). The Morgan fingerprint density at radius 2 is 2.12 bits per heavy atom. The van der Waals surface area contributed by atoms with Crippen LogP contribution in [0.2, 0.25) is 0 Å². The lowest BCUT2D eigenvalue weighted by molar-refractivity contribution is 0.338. The molecule has 0 spiro atoms. The Kier molecular flexibility index (Phi) is 2.39. The minimum atomic E-state index is -0.151. The first-order valence-corrected chi connectivity index (χ1v) is 6.13. The van der Waals surface area contributed by atoms with Gasteiger partial charge in [-0.1, -0.05) is 19.3 Å². The zero-order valence-corrected chi connectivity index (χ0v) is 9.65. The quantitative estimate of drug-likeness (QED) is 0.787. The molecule has 1 aliphatic rings. The molecule has 2 aromatic rings. The van der Waals surface area contributed by atoms with Crippen LogP contribution in [0, 0.1) is 0 Å². The Bertz CT molecular complexity index is 592. The van der Waals surface area contributed by atoms with Crippen molar-refractivity contribution in [1.29, 1.82) is 0 Å². The van der Waals surface area contributed by atoms with E-state index in [1.807, 2.05) is 10.7 Å². The van der Waals surface area contributed by atoms with Gasteiger partial charge >= 0.3 is 0 Å². The summed E-state index contributed by atoms with van der Waals surface area (Å²) in [6.45, 7) is 0. The Morgan fingerprint density at radius 1 is 1.35 bits per heavy atom. The summed E-state index contributed by atoms with van der Waals surface area (Å²) in [5, 5.41) is 4.87. The normalized spacial score (nSPS) is 17.6. The summed E-state index contributed by atoms with van der Waals surface area (Å²) < 4.78 is 1.94. The summed E-state index contributed by atoms with van der Waals surface area (Å²) in [5.41, 5.74) is 6.54. The van der Waals surface area contributed by atoms with E-state index in [1.165, 1.54) is 19.3 Å². The van der Waals surface area contributed by atoms with Crippen LogP contribution < -0.4 is 11.3 Å². The molecule has 0 atom stereocenters. The van der Waals surface area contributed by atoms with Crippen molar-refractivity contribution in [2.24, 2.45) is 0 Å². The van der Waals surface area contributed by atoms with Crippen molar-refractivity contribution < 1.29 is 0 Å². The number of fused-ring (bicyclic) bond motifs is 1. The maximum Gasteiger partial charge on any atom is 0.261 e. The first-order valence-electron chi connectivity index (χ1n) is 6.13. The number of H-pyrrole nitrogens is 1. The van der Waals surface area contributed by atoms with Crippen LogP contribution in [0.5, 0.6) is 0 Å². The SMILES string of the molecule is Nc1nn(C2CCCCC2)c2cc[nH]c(=O)c12. The van der Waals surface area contributed by atoms with Crippen LogP contribution in [0.4, 0.5) is 5.82 Å². The summed E-state index contributed by atoms with van der Waals surface area (Å²) in [6.07, 6.45) is 7.67. The molecule has 2 heterocycles. The van der Waals surface area contributed by atoms with Crippen LogP contribution in [0.15, 0.2) is 17.1 Å². The van der Waals surface area contributed by atoms with E-state index in [9.17, 15) is 4.79 Å². The minimum absolute atomic E-state index is 0.151. The molecule has 3 N–H and O–H groups in total. The second kappa shape index (κ2) is 3.91. The molecule has 0 unspecified atom stereocenters. The van der Waals surface area contributed by atoms with Crippen LogP contribution >= 0.6 is 0 Å². The number of hydrogen-bond acceptors (Lipinski definition) is 3. The fourth-order valence-electron chi connectivity index (χ4n) is 2.73. The number of hydrogen-bond donors (Lipinski definition) is 2. The van der Waals surface area contributed by atoms with E-state index >= 15 is 0 Å². The predicted molar refractivity (Wildman–Crippen MR) is 66.9 cm³/mol. The lowest BCUT2D eigenvalue weighted by Crippen LogP contribution is -2.14. The molecule has 0 saturated heterocycles. The second-order valence-electron chi connectivity index (χ2n) is 4.69. The van der Waals surface area contributed by atoms with E-state index in [4.69, 9.17) is 5.73 Å². The molecule has 1 saturated carbocycles. The van der Waals surface area contributed by atoms with Crippen molar-refractivity contribution in [2.45, 2.75) is 38.1 Å². The molecular weight excluding hydrogens is 216 g/mol. The van der Waals surface area contributed by atoms with Gasteiger partial charge < -0.3 is 10.7 Å². The van der Waals surface area contributed by atoms with Gasteiger partial charge in [-0.3, -0.25) is 9.48 Å². The minimum Gasteiger partial charge on any atom is -0.382 e. The van der Waals surface area contributed by atoms with E-state index in [2.05, 4.69) is 10.1 Å². The molecule has 2 aromatic heterocycles. The fourth-order valence-corrected chi connectivity index (χ4v) is 2.73. The molecule has 0 radical (unpaired) electrons. The molecule has 0 bridgehead atoms. The molecule has 1 fully saturated rings. The van der Waals surface area contributed by atoms with Gasteiger partial charge in [0.1, 0.15) is 5.39 Å². The maximum absolute atomic E-state index is 11.7. The van der Waals surface area contributed by atoms with Gasteiger partial charge in [-0.05, 0) is 18.9 Å². The van der Waals surface area contributed by atoms with E-state index in [-0.39, 0.29) is 5.56 Å². The van der Waals surface area contributed by atoms with Crippen LogP contribution in [0.25, 0.3) is 10.9 Å². The Labute approximate surface area is 98.6 Å². The summed E-state index contributed by atoms with van der Waals surface area (Å²) in [4.78, 5) is 14.3. The number of aromatic nitrogens is 3. The monoisotopic (exact) mass is 232 g/mol. The zero-order chi connectivity index (χ0) is 11.8. The van der Waals surface area contributed by atoms with Gasteiger partial charge in [-0.25, -0.2) is 0 Å². The number of nitrogens with two attached hydrogens (primary N) is 1. The largest absolute Gasteiger partial charge is 0.382 e. The molecule has 1 aliphatic carbocycles. The van der Waals surface area contributed by atoms with Gasteiger partial charge in [0, 0.05) is 6.20 Å². The third-order valence-electron chi connectivity index (χ3n) is 3.58. The summed E-state index contributed by atoms with van der Waals surface area (Å²) in [6, 6.07) is 2.28. The van der Waals surface area contributed by atoms with Crippen molar-refractivity contribution in [1.82, 2.24) is 14.8 Å². The van der Waals surface area contributed by atoms with Crippen molar-refractivity contribution in [3.63, 3.8) is 0 Å². The van der Waals surface area contributed by atoms with Gasteiger partial charge in [0.25, 0.3) is 5.56 Å². The molecule has 0 amide bonds. The van der Waals surface area contributed by atoms with Gasteiger partial charge in [0.15, 0.2) is 5.82 Å². The number of pyridine rings is 1. The Balaban J connectivity index is 2.17. The number of rotatable bonds is 1. The van der Waals surface area contributed by atoms with Gasteiger partial charge in [-0.2, -0.15) is 5.10 Å². The summed E-state index contributed by atoms with van der Waals surface area (Å²) in [5.74, 6) is 0.340. The highest BCUT2D eigenvalue weighted by atomic mass is 16.1. The van der Waals surface area contributed by atoms with Crippen molar-refractivity contribution in [3.8, 4) is 0 Å². The van der Waals surface area contributed by atoms with Gasteiger partial charge in [-0.15, -0.1) is 0 Å². The zero-order valence-electron chi connectivity index (χ0n) is 9.65. The Hall–Kier alpha value is -1.78. The van der Waals surface area contributed by atoms with E-state index < -0.39 is 0 Å². The topological polar surface area (TPSA) is 76.7 Å². The molecule has 0 aromatic carbocycles. The summed E-state index contributed by atoms with van der Waals surface area (Å²) in [7, 11) is 0. The third-order valence-corrected chi connectivity index (χ3v) is 3.58. The number of aromatic amines is 1. The molecule has 17 heavy (non-hydrogen) atoms. The average Bonchev–Trinajstić information content (AvgIpc) is 2.69. The third kappa shape index (κ3) is 1.62. The van der Waals surface area contributed by atoms with Crippen LogP contribution in [0.1, 0.15) is 38.1 Å². The average molecular weight is 232 g/mol. The number of anilines is 1. The highest BCUT2D eigenvalue weighted by molar-refractivity contribution is 5.88. The predicted octanol–water partition coefficient (Wildman–Crippen LogP) is 1.81. The first kappa shape index (κ1) is 10.4. The highest BCUT2D eigenvalue weighted by Gasteiger charge is 2.20. The number of nitrogens with one attached hydrogen (secondary N) is 1. The van der Waals surface area contributed by atoms with E-state index in [1.54, 1.807) is 6.20 Å². The van der Waals surface area contributed by atoms with E-state index in [0.717, 1.165) is 18.4 Å². The van der Waals surface area contributed by atoms with Crippen LogP contribution in [-0.2, 0) is 0 Å². The number of nitrogen functional groups attached to an aromatic ring is 1. The molecule has 5 nitrogen and oxygen atoms in total. The molecule has 90 valence electrons. The second-order valence-corrected chi connectivity index (χ2v) is 4.69. The van der Waals surface area contributed by atoms with Crippen LogP contribution in [-0.4, -0.2) is 14.8 Å². The molecule has 0 aliphatic heterocycles. The smallest absolute Gasteiger partial charge is 0.261 e. The highest BCUT2D eigenvalue weighted by Crippen LogP contribution is 2.30. The Morgan fingerprint density at radius 3 is 2.88 bits per heavy atom. The number of nitrogens with zero attached hydrogens (tertiary/aromatic N) is 2. The fraction of sp³-hybridized carbons (Fsp3) is 0.500. The van der Waals surface area contributed by atoms with E-state index in [0.29, 0.717) is 17.2 Å². The first-order chi connectivity index (χ1) is 8.27. The maximum atomic E-state index is 11.7. The summed E-state index contributed by atoms with van der Waals surface area (Å²) >= 11 is 0.